The summed E-state index contributed by atoms with van der Waals surface area (Å²) in [5.41, 5.74) is -2.48. The molecule has 0 aliphatic rings. The Morgan fingerprint density at radius 3 is 2.60 bits per heavy atom. The summed E-state index contributed by atoms with van der Waals surface area (Å²) in [7, 11) is 0. The number of aliphatic hydroxyl groups excluding tert-OH is 1. The van der Waals surface area contributed by atoms with Crippen molar-refractivity contribution >= 4 is 5.69 Å². The van der Waals surface area contributed by atoms with E-state index in [1.54, 1.807) is 0 Å². The zero-order valence-electron chi connectivity index (χ0n) is 7.15. The van der Waals surface area contributed by atoms with E-state index in [1.165, 1.54) is 0 Å². The summed E-state index contributed by atoms with van der Waals surface area (Å²) in [5.74, 6) is -1.59. The minimum Gasteiger partial charge on any atom is -0.392 e. The quantitative estimate of drug-likeness (QED) is 0.478. The van der Waals surface area contributed by atoms with E-state index in [2.05, 4.69) is 4.98 Å². The zero-order chi connectivity index (χ0) is 11.6. The van der Waals surface area contributed by atoms with Crippen molar-refractivity contribution in [3.05, 3.63) is 33.4 Å². The number of pyridine rings is 1. The first-order valence-electron chi connectivity index (χ1n) is 3.70. The van der Waals surface area contributed by atoms with Gasteiger partial charge in [0.25, 0.3) is 12.4 Å². The number of nitro groups is 1. The highest BCUT2D eigenvalue weighted by atomic mass is 19.3. The average Bonchev–Trinajstić information content (AvgIpc) is 2.16. The maximum Gasteiger partial charge on any atom is 0.324 e. The molecule has 0 aliphatic heterocycles. The molecule has 1 heterocycles. The molecule has 0 spiro atoms. The van der Waals surface area contributed by atoms with Gasteiger partial charge in [-0.25, -0.2) is 13.8 Å². The summed E-state index contributed by atoms with van der Waals surface area (Å²) < 4.78 is 37.2. The van der Waals surface area contributed by atoms with Gasteiger partial charge in [0, 0.05) is 11.6 Å². The predicted octanol–water partition coefficient (Wildman–Crippen LogP) is 1.56. The van der Waals surface area contributed by atoms with Crippen LogP contribution in [0.15, 0.2) is 6.07 Å². The molecule has 15 heavy (non-hydrogen) atoms. The highest BCUT2D eigenvalue weighted by molar-refractivity contribution is 5.35. The molecule has 1 N–H and O–H groups in total. The maximum atomic E-state index is 12.8. The molecule has 0 saturated carbocycles. The second kappa shape index (κ2) is 4.22. The molecule has 1 aromatic heterocycles. The molecular formula is C7H5F3N2O3. The van der Waals surface area contributed by atoms with Gasteiger partial charge in [-0.15, -0.1) is 0 Å². The zero-order valence-corrected chi connectivity index (χ0v) is 7.15. The van der Waals surface area contributed by atoms with Crippen LogP contribution in [0.1, 0.15) is 17.7 Å². The molecular weight excluding hydrogens is 217 g/mol. The Labute approximate surface area is 81.3 Å². The van der Waals surface area contributed by atoms with Gasteiger partial charge < -0.3 is 5.11 Å². The lowest BCUT2D eigenvalue weighted by Crippen LogP contribution is -2.04. The van der Waals surface area contributed by atoms with Crippen molar-refractivity contribution in [2.45, 2.75) is 13.0 Å². The van der Waals surface area contributed by atoms with Crippen LogP contribution in [0.3, 0.4) is 0 Å². The number of aromatic nitrogens is 1. The summed E-state index contributed by atoms with van der Waals surface area (Å²) in [6.45, 7) is -0.867. The van der Waals surface area contributed by atoms with Crippen LogP contribution in [0.25, 0.3) is 0 Å². The predicted molar refractivity (Wildman–Crippen MR) is 41.7 cm³/mol. The normalized spacial score (nSPS) is 10.7. The monoisotopic (exact) mass is 222 g/mol. The number of halogens is 3. The van der Waals surface area contributed by atoms with Crippen molar-refractivity contribution in [2.75, 3.05) is 0 Å². The molecule has 1 aromatic rings. The van der Waals surface area contributed by atoms with E-state index >= 15 is 0 Å². The summed E-state index contributed by atoms with van der Waals surface area (Å²) in [5, 5.41) is 18.9. The fourth-order valence-corrected chi connectivity index (χ4v) is 0.977. The summed E-state index contributed by atoms with van der Waals surface area (Å²) >= 11 is 0. The van der Waals surface area contributed by atoms with Gasteiger partial charge >= 0.3 is 5.69 Å². The van der Waals surface area contributed by atoms with Crippen LogP contribution in [0.2, 0.25) is 0 Å². The standard InChI is InChI=1S/C7H5F3N2O3/c8-6(9)5-3(2-13)1-4(12(14)15)7(10)11-5/h1,6,13H,2H2. The summed E-state index contributed by atoms with van der Waals surface area (Å²) in [4.78, 5) is 11.9. The van der Waals surface area contributed by atoms with Crippen molar-refractivity contribution < 1.29 is 23.2 Å². The fraction of sp³-hybridized carbons (Fsp3) is 0.286. The first-order chi connectivity index (χ1) is 6.97. The second-order valence-electron chi connectivity index (χ2n) is 2.56. The highest BCUT2D eigenvalue weighted by Crippen LogP contribution is 2.26. The minimum atomic E-state index is -3.09. The van der Waals surface area contributed by atoms with Crippen LogP contribution in [-0.4, -0.2) is 15.0 Å². The van der Waals surface area contributed by atoms with Crippen LogP contribution in [0.4, 0.5) is 18.9 Å². The van der Waals surface area contributed by atoms with Gasteiger partial charge in [0.2, 0.25) is 0 Å². The lowest BCUT2D eigenvalue weighted by Gasteiger charge is -2.05. The van der Waals surface area contributed by atoms with E-state index in [-0.39, 0.29) is 0 Å². The molecule has 0 aliphatic carbocycles. The van der Waals surface area contributed by atoms with Crippen molar-refractivity contribution in [3.8, 4) is 0 Å². The van der Waals surface area contributed by atoms with Gasteiger partial charge in [-0.05, 0) is 0 Å². The third kappa shape index (κ3) is 2.21. The summed E-state index contributed by atoms with van der Waals surface area (Å²) in [6, 6.07) is 0.545. The number of alkyl halides is 2. The van der Waals surface area contributed by atoms with Crippen molar-refractivity contribution in [2.24, 2.45) is 0 Å². The first-order valence-corrected chi connectivity index (χ1v) is 3.70. The lowest BCUT2D eigenvalue weighted by atomic mass is 10.2. The van der Waals surface area contributed by atoms with Gasteiger partial charge in [-0.2, -0.15) is 4.39 Å². The van der Waals surface area contributed by atoms with Crippen LogP contribution in [0, 0.1) is 16.1 Å². The minimum absolute atomic E-state index is 0.460. The Morgan fingerprint density at radius 2 is 2.20 bits per heavy atom. The molecule has 0 fully saturated rings. The Balaban J connectivity index is 3.35. The average molecular weight is 222 g/mol. The maximum absolute atomic E-state index is 12.8. The third-order valence-electron chi connectivity index (χ3n) is 1.64. The number of aliphatic hydroxyl groups is 1. The van der Waals surface area contributed by atoms with Crippen LogP contribution in [0.5, 0.6) is 0 Å². The molecule has 82 valence electrons. The molecule has 1 rings (SSSR count). The van der Waals surface area contributed by atoms with Gasteiger partial charge in [0.15, 0.2) is 0 Å². The van der Waals surface area contributed by atoms with E-state index in [4.69, 9.17) is 5.11 Å². The van der Waals surface area contributed by atoms with Crippen molar-refractivity contribution in [3.63, 3.8) is 0 Å². The van der Waals surface area contributed by atoms with E-state index in [9.17, 15) is 23.3 Å². The largest absolute Gasteiger partial charge is 0.392 e. The van der Waals surface area contributed by atoms with Crippen LogP contribution < -0.4 is 0 Å². The lowest BCUT2D eigenvalue weighted by molar-refractivity contribution is -0.388. The van der Waals surface area contributed by atoms with Gasteiger partial charge in [-0.1, -0.05) is 0 Å². The van der Waals surface area contributed by atoms with E-state index in [1.807, 2.05) is 0 Å². The number of nitrogens with zero attached hydrogens (tertiary/aromatic N) is 2. The van der Waals surface area contributed by atoms with E-state index in [0.717, 1.165) is 0 Å². The number of hydrogen-bond acceptors (Lipinski definition) is 4. The van der Waals surface area contributed by atoms with Crippen LogP contribution in [-0.2, 0) is 6.61 Å². The SMILES string of the molecule is O=[N+]([O-])c1cc(CO)c(C(F)F)nc1F. The van der Waals surface area contributed by atoms with Gasteiger partial charge in [0.05, 0.1) is 11.5 Å². The first kappa shape index (κ1) is 11.4. The fourth-order valence-electron chi connectivity index (χ4n) is 0.977. The molecule has 5 nitrogen and oxygen atoms in total. The molecule has 0 amide bonds. The Kier molecular flexibility index (Phi) is 3.20. The molecule has 0 aromatic carbocycles. The smallest absolute Gasteiger partial charge is 0.324 e. The number of rotatable bonds is 3. The second-order valence-corrected chi connectivity index (χ2v) is 2.56. The Bertz CT molecular complexity index is 397. The highest BCUT2D eigenvalue weighted by Gasteiger charge is 2.23. The number of hydrogen-bond donors (Lipinski definition) is 1. The van der Waals surface area contributed by atoms with Crippen LogP contribution >= 0.6 is 0 Å². The topological polar surface area (TPSA) is 76.3 Å². The molecule has 0 radical (unpaired) electrons. The molecule has 0 unspecified atom stereocenters. The third-order valence-corrected chi connectivity index (χ3v) is 1.64. The molecule has 0 saturated heterocycles. The van der Waals surface area contributed by atoms with Crippen molar-refractivity contribution in [1.82, 2.24) is 4.98 Å². The molecule has 0 atom stereocenters. The van der Waals surface area contributed by atoms with Crippen molar-refractivity contribution in [1.29, 1.82) is 0 Å². The van der Waals surface area contributed by atoms with E-state index < -0.39 is 40.8 Å². The molecule has 0 bridgehead atoms. The Hall–Kier alpha value is -1.70. The molecule has 8 heteroatoms. The summed E-state index contributed by atoms with van der Waals surface area (Å²) in [6.07, 6.45) is -3.09. The van der Waals surface area contributed by atoms with E-state index in [0.29, 0.717) is 6.07 Å². The Morgan fingerprint density at radius 1 is 1.60 bits per heavy atom. The van der Waals surface area contributed by atoms with Gasteiger partial charge in [0.1, 0.15) is 5.69 Å². The van der Waals surface area contributed by atoms with Gasteiger partial charge in [-0.3, -0.25) is 10.1 Å².